The van der Waals surface area contributed by atoms with Crippen LogP contribution in [0.2, 0.25) is 0 Å². The molecule has 0 aromatic heterocycles. The Bertz CT molecular complexity index is 795. The van der Waals surface area contributed by atoms with Gasteiger partial charge in [-0.2, -0.15) is 0 Å². The van der Waals surface area contributed by atoms with E-state index in [0.717, 1.165) is 11.3 Å². The van der Waals surface area contributed by atoms with Crippen LogP contribution >= 0.6 is 0 Å². The lowest BCUT2D eigenvalue weighted by molar-refractivity contribution is 0.144. The lowest BCUT2D eigenvalue weighted by Crippen LogP contribution is -2.03. The molecule has 0 saturated carbocycles. The molecule has 0 spiro atoms. The van der Waals surface area contributed by atoms with Crippen LogP contribution in [0.4, 0.5) is 4.79 Å². The highest BCUT2D eigenvalue weighted by atomic mass is 16.7. The molecule has 0 heterocycles. The van der Waals surface area contributed by atoms with Crippen LogP contribution in [0.15, 0.2) is 78.9 Å². The highest BCUT2D eigenvalue weighted by Gasteiger charge is 2.09. The van der Waals surface area contributed by atoms with Crippen molar-refractivity contribution in [3.8, 4) is 28.4 Å². The van der Waals surface area contributed by atoms with Gasteiger partial charge in [0.1, 0.15) is 17.2 Å². The zero-order chi connectivity index (χ0) is 16.1. The van der Waals surface area contributed by atoms with Crippen molar-refractivity contribution in [3.05, 3.63) is 78.9 Å². The van der Waals surface area contributed by atoms with E-state index in [1.165, 1.54) is 0 Å². The molecule has 23 heavy (non-hydrogen) atoms. The maximum atomic E-state index is 10.8. The summed E-state index contributed by atoms with van der Waals surface area (Å²) in [7, 11) is 0. The van der Waals surface area contributed by atoms with Crippen LogP contribution in [-0.4, -0.2) is 11.3 Å². The Morgan fingerprint density at radius 3 is 2.04 bits per heavy atom. The van der Waals surface area contributed by atoms with Crippen LogP contribution in [-0.2, 0) is 0 Å². The van der Waals surface area contributed by atoms with Gasteiger partial charge in [-0.15, -0.1) is 0 Å². The predicted molar refractivity (Wildman–Crippen MR) is 87.0 cm³/mol. The third kappa shape index (κ3) is 3.68. The number of hydrogen-bond acceptors (Lipinski definition) is 3. The molecule has 0 aliphatic rings. The summed E-state index contributed by atoms with van der Waals surface area (Å²) < 4.78 is 10.5. The molecule has 0 amide bonds. The number of rotatable bonds is 4. The molecule has 0 unspecified atom stereocenters. The molecule has 0 fully saturated rings. The van der Waals surface area contributed by atoms with E-state index < -0.39 is 6.16 Å². The molecule has 0 radical (unpaired) electrons. The SMILES string of the molecule is O=C(O)Oc1ccccc1-c1ccc(Oc2ccccc2)cc1. The second-order valence-corrected chi connectivity index (χ2v) is 4.80. The van der Waals surface area contributed by atoms with Crippen LogP contribution in [0, 0.1) is 0 Å². The van der Waals surface area contributed by atoms with Gasteiger partial charge in [0, 0.05) is 5.56 Å². The number of benzene rings is 3. The summed E-state index contributed by atoms with van der Waals surface area (Å²) in [6, 6.07) is 23.9. The van der Waals surface area contributed by atoms with Gasteiger partial charge in [0.2, 0.25) is 0 Å². The number of para-hydroxylation sites is 2. The highest BCUT2D eigenvalue weighted by Crippen LogP contribution is 2.32. The number of carbonyl (C=O) groups is 1. The summed E-state index contributed by atoms with van der Waals surface area (Å²) >= 11 is 0. The molecule has 114 valence electrons. The summed E-state index contributed by atoms with van der Waals surface area (Å²) in [5.74, 6) is 1.77. The van der Waals surface area contributed by atoms with E-state index in [1.807, 2.05) is 66.7 Å². The Hall–Kier alpha value is -3.27. The number of carboxylic acid groups (broad SMARTS) is 1. The van der Waals surface area contributed by atoms with Gasteiger partial charge in [0.25, 0.3) is 0 Å². The molecule has 0 saturated heterocycles. The van der Waals surface area contributed by atoms with Gasteiger partial charge < -0.3 is 14.6 Å². The predicted octanol–water partition coefficient (Wildman–Crippen LogP) is 5.20. The first-order chi connectivity index (χ1) is 11.2. The smallest absolute Gasteiger partial charge is 0.457 e. The minimum absolute atomic E-state index is 0.303. The molecule has 0 bridgehead atoms. The standard InChI is InChI=1S/C19H14O4/c20-19(21)23-18-9-5-4-8-17(18)14-10-12-16(13-11-14)22-15-6-2-1-3-7-15/h1-13H,(H,20,21). The van der Waals surface area contributed by atoms with E-state index in [1.54, 1.807) is 12.1 Å². The lowest BCUT2D eigenvalue weighted by atomic mass is 10.0. The summed E-state index contributed by atoms with van der Waals surface area (Å²) in [4.78, 5) is 10.8. The second-order valence-electron chi connectivity index (χ2n) is 4.80. The van der Waals surface area contributed by atoms with Crippen molar-refractivity contribution in [1.82, 2.24) is 0 Å². The molecule has 0 aliphatic heterocycles. The fraction of sp³-hybridized carbons (Fsp3) is 0. The van der Waals surface area contributed by atoms with Crippen molar-refractivity contribution in [1.29, 1.82) is 0 Å². The maximum Gasteiger partial charge on any atom is 0.511 e. The van der Waals surface area contributed by atoms with Crippen molar-refractivity contribution in [2.24, 2.45) is 0 Å². The highest BCUT2D eigenvalue weighted by molar-refractivity contribution is 5.74. The van der Waals surface area contributed by atoms with Crippen molar-refractivity contribution in [3.63, 3.8) is 0 Å². The first-order valence-electron chi connectivity index (χ1n) is 7.05. The third-order valence-electron chi connectivity index (χ3n) is 3.23. The van der Waals surface area contributed by atoms with Crippen molar-refractivity contribution in [2.45, 2.75) is 0 Å². The number of ether oxygens (including phenoxy) is 2. The molecule has 3 rings (SSSR count). The Balaban J connectivity index is 1.84. The Morgan fingerprint density at radius 2 is 1.35 bits per heavy atom. The van der Waals surface area contributed by atoms with Crippen LogP contribution in [0.25, 0.3) is 11.1 Å². The molecule has 3 aromatic rings. The van der Waals surface area contributed by atoms with Gasteiger partial charge in [-0.1, -0.05) is 48.5 Å². The zero-order valence-electron chi connectivity index (χ0n) is 12.2. The molecule has 4 nitrogen and oxygen atoms in total. The van der Waals surface area contributed by atoms with Gasteiger partial charge >= 0.3 is 6.16 Å². The Kier molecular flexibility index (Phi) is 4.25. The fourth-order valence-electron chi connectivity index (χ4n) is 2.22. The second kappa shape index (κ2) is 6.66. The zero-order valence-corrected chi connectivity index (χ0v) is 12.2. The van der Waals surface area contributed by atoms with Crippen molar-refractivity contribution >= 4 is 6.16 Å². The normalized spacial score (nSPS) is 10.1. The van der Waals surface area contributed by atoms with E-state index >= 15 is 0 Å². The minimum Gasteiger partial charge on any atom is -0.457 e. The fourth-order valence-corrected chi connectivity index (χ4v) is 2.22. The summed E-state index contributed by atoms with van der Waals surface area (Å²) in [6.45, 7) is 0. The third-order valence-corrected chi connectivity index (χ3v) is 3.23. The van der Waals surface area contributed by atoms with Crippen LogP contribution in [0.1, 0.15) is 0 Å². The molecule has 0 atom stereocenters. The van der Waals surface area contributed by atoms with Crippen molar-refractivity contribution in [2.75, 3.05) is 0 Å². The van der Waals surface area contributed by atoms with E-state index in [0.29, 0.717) is 17.1 Å². The van der Waals surface area contributed by atoms with Gasteiger partial charge in [-0.3, -0.25) is 0 Å². The molecule has 4 heteroatoms. The summed E-state index contributed by atoms with van der Waals surface area (Å²) in [5.41, 5.74) is 1.56. The first kappa shape index (κ1) is 14.7. The van der Waals surface area contributed by atoms with Crippen LogP contribution in [0.3, 0.4) is 0 Å². The lowest BCUT2D eigenvalue weighted by Gasteiger charge is -2.09. The van der Waals surface area contributed by atoms with E-state index in [9.17, 15) is 4.79 Å². The largest absolute Gasteiger partial charge is 0.511 e. The quantitative estimate of drug-likeness (QED) is 0.531. The summed E-state index contributed by atoms with van der Waals surface area (Å²) in [6.07, 6.45) is -1.33. The minimum atomic E-state index is -1.33. The maximum absolute atomic E-state index is 10.8. The van der Waals surface area contributed by atoms with Gasteiger partial charge in [-0.05, 0) is 35.9 Å². The van der Waals surface area contributed by atoms with Crippen LogP contribution < -0.4 is 9.47 Å². The van der Waals surface area contributed by atoms with E-state index in [-0.39, 0.29) is 0 Å². The van der Waals surface area contributed by atoms with Crippen LogP contribution in [0.5, 0.6) is 17.2 Å². The molecule has 1 N–H and O–H groups in total. The molecular formula is C19H14O4. The monoisotopic (exact) mass is 306 g/mol. The Labute approximate surface area is 133 Å². The Morgan fingerprint density at radius 1 is 0.739 bits per heavy atom. The van der Waals surface area contributed by atoms with Gasteiger partial charge in [0.15, 0.2) is 0 Å². The van der Waals surface area contributed by atoms with Crippen molar-refractivity contribution < 1.29 is 19.4 Å². The van der Waals surface area contributed by atoms with E-state index in [2.05, 4.69) is 0 Å². The number of hydrogen-bond donors (Lipinski definition) is 1. The van der Waals surface area contributed by atoms with Gasteiger partial charge in [-0.25, -0.2) is 4.79 Å². The molecular weight excluding hydrogens is 292 g/mol. The first-order valence-corrected chi connectivity index (χ1v) is 7.05. The van der Waals surface area contributed by atoms with E-state index in [4.69, 9.17) is 14.6 Å². The molecule has 0 aliphatic carbocycles. The average molecular weight is 306 g/mol. The van der Waals surface area contributed by atoms with Gasteiger partial charge in [0.05, 0.1) is 0 Å². The average Bonchev–Trinajstić information content (AvgIpc) is 2.57. The molecule has 3 aromatic carbocycles. The summed E-state index contributed by atoms with van der Waals surface area (Å²) in [5, 5.41) is 8.80. The topological polar surface area (TPSA) is 55.8 Å².